The van der Waals surface area contributed by atoms with E-state index in [2.05, 4.69) is 5.32 Å². The lowest BCUT2D eigenvalue weighted by Gasteiger charge is -2.15. The van der Waals surface area contributed by atoms with Crippen LogP contribution in [0.5, 0.6) is 17.2 Å². The predicted octanol–water partition coefficient (Wildman–Crippen LogP) is 3.18. The monoisotopic (exact) mass is 292 g/mol. The second-order valence-corrected chi connectivity index (χ2v) is 4.27. The van der Waals surface area contributed by atoms with Crippen LogP contribution in [-0.2, 0) is 0 Å². The molecular weight excluding hydrogens is 275 g/mol. The molecule has 21 heavy (non-hydrogen) atoms. The lowest BCUT2D eigenvalue weighted by molar-refractivity contribution is 0.324. The first-order chi connectivity index (χ1) is 10.1. The molecule has 6 heteroatoms. The molecular formula is C15H17FN2O3. The zero-order valence-corrected chi connectivity index (χ0v) is 12.1. The van der Waals surface area contributed by atoms with E-state index in [9.17, 15) is 4.39 Å². The van der Waals surface area contributed by atoms with Gasteiger partial charge in [-0.25, -0.2) is 4.39 Å². The highest BCUT2D eigenvalue weighted by Crippen LogP contribution is 2.41. The Hall–Kier alpha value is -2.63. The number of nitrogen functional groups attached to an aromatic ring is 1. The molecule has 0 aromatic heterocycles. The molecule has 0 atom stereocenters. The maximum Gasteiger partial charge on any atom is 0.203 e. The van der Waals surface area contributed by atoms with Gasteiger partial charge in [0.2, 0.25) is 5.75 Å². The highest BCUT2D eigenvalue weighted by molar-refractivity contribution is 5.75. The van der Waals surface area contributed by atoms with E-state index in [4.69, 9.17) is 19.9 Å². The third kappa shape index (κ3) is 3.10. The summed E-state index contributed by atoms with van der Waals surface area (Å²) in [5.74, 6) is 1.14. The number of hydrogen-bond acceptors (Lipinski definition) is 5. The van der Waals surface area contributed by atoms with E-state index in [0.29, 0.717) is 34.3 Å². The number of hydrogen-bond donors (Lipinski definition) is 2. The first kappa shape index (κ1) is 14.8. The van der Waals surface area contributed by atoms with Crippen LogP contribution in [0.3, 0.4) is 0 Å². The summed E-state index contributed by atoms with van der Waals surface area (Å²) in [5.41, 5.74) is 7.36. The van der Waals surface area contributed by atoms with Crippen molar-refractivity contribution in [1.29, 1.82) is 0 Å². The fraction of sp³-hybridized carbons (Fsp3) is 0.200. The van der Waals surface area contributed by atoms with Gasteiger partial charge in [-0.1, -0.05) is 0 Å². The Bertz CT molecular complexity index is 622. The quantitative estimate of drug-likeness (QED) is 0.829. The summed E-state index contributed by atoms with van der Waals surface area (Å²) >= 11 is 0. The van der Waals surface area contributed by atoms with E-state index in [1.807, 2.05) is 0 Å². The van der Waals surface area contributed by atoms with E-state index >= 15 is 0 Å². The van der Waals surface area contributed by atoms with Gasteiger partial charge >= 0.3 is 0 Å². The minimum absolute atomic E-state index is 0.309. The summed E-state index contributed by atoms with van der Waals surface area (Å²) in [6.07, 6.45) is 0. The minimum atomic E-state index is -0.386. The van der Waals surface area contributed by atoms with E-state index < -0.39 is 0 Å². The van der Waals surface area contributed by atoms with Crippen molar-refractivity contribution in [2.75, 3.05) is 32.4 Å². The normalized spacial score (nSPS) is 10.1. The van der Waals surface area contributed by atoms with Gasteiger partial charge in [0.05, 0.1) is 32.7 Å². The average Bonchev–Trinajstić information content (AvgIpc) is 2.49. The van der Waals surface area contributed by atoms with E-state index in [1.54, 1.807) is 18.2 Å². The molecule has 112 valence electrons. The molecule has 0 aliphatic carbocycles. The Morgan fingerprint density at radius 3 is 2.05 bits per heavy atom. The van der Waals surface area contributed by atoms with Crippen molar-refractivity contribution in [2.45, 2.75) is 0 Å². The summed E-state index contributed by atoms with van der Waals surface area (Å²) < 4.78 is 28.8. The molecule has 0 aliphatic rings. The molecule has 0 spiro atoms. The smallest absolute Gasteiger partial charge is 0.203 e. The molecule has 3 N–H and O–H groups in total. The molecule has 0 saturated heterocycles. The van der Waals surface area contributed by atoms with Crippen LogP contribution in [0.1, 0.15) is 0 Å². The van der Waals surface area contributed by atoms with Crippen molar-refractivity contribution in [3.8, 4) is 17.2 Å². The van der Waals surface area contributed by atoms with Crippen molar-refractivity contribution in [1.82, 2.24) is 0 Å². The highest BCUT2D eigenvalue weighted by Gasteiger charge is 2.13. The van der Waals surface area contributed by atoms with Crippen molar-refractivity contribution < 1.29 is 18.6 Å². The zero-order chi connectivity index (χ0) is 15.4. The average molecular weight is 292 g/mol. The Morgan fingerprint density at radius 2 is 1.57 bits per heavy atom. The maximum absolute atomic E-state index is 13.1. The predicted molar refractivity (Wildman–Crippen MR) is 80.2 cm³/mol. The standard InChI is InChI=1S/C15H17FN2O3/c1-19-13-7-10(8-14(20-2)15(13)21-3)18-12-5-4-9(16)6-11(12)17/h4-8,18H,17H2,1-3H3. The Morgan fingerprint density at radius 1 is 0.952 bits per heavy atom. The minimum Gasteiger partial charge on any atom is -0.493 e. The van der Waals surface area contributed by atoms with Crippen LogP contribution in [0, 0.1) is 5.82 Å². The van der Waals surface area contributed by atoms with Gasteiger partial charge < -0.3 is 25.3 Å². The first-order valence-electron chi connectivity index (χ1n) is 6.21. The van der Waals surface area contributed by atoms with Crippen LogP contribution in [0.25, 0.3) is 0 Å². The number of ether oxygens (including phenoxy) is 3. The molecule has 2 aromatic rings. The maximum atomic E-state index is 13.1. The molecule has 2 aromatic carbocycles. The van der Waals surface area contributed by atoms with Gasteiger partial charge in [-0.15, -0.1) is 0 Å². The molecule has 5 nitrogen and oxygen atoms in total. The van der Waals surface area contributed by atoms with Crippen LogP contribution in [0.4, 0.5) is 21.5 Å². The van der Waals surface area contributed by atoms with Crippen LogP contribution in [0.15, 0.2) is 30.3 Å². The van der Waals surface area contributed by atoms with Gasteiger partial charge in [0.1, 0.15) is 5.82 Å². The first-order valence-corrected chi connectivity index (χ1v) is 6.21. The second-order valence-electron chi connectivity index (χ2n) is 4.27. The number of rotatable bonds is 5. The molecule has 0 radical (unpaired) electrons. The molecule has 0 amide bonds. The van der Waals surface area contributed by atoms with E-state index in [1.165, 1.54) is 33.5 Å². The van der Waals surface area contributed by atoms with Crippen LogP contribution >= 0.6 is 0 Å². The molecule has 0 unspecified atom stereocenters. The molecule has 2 rings (SSSR count). The second kappa shape index (κ2) is 6.21. The van der Waals surface area contributed by atoms with E-state index in [-0.39, 0.29) is 5.82 Å². The van der Waals surface area contributed by atoms with Crippen LogP contribution < -0.4 is 25.3 Å². The number of benzene rings is 2. The molecule has 0 fully saturated rings. The van der Waals surface area contributed by atoms with Crippen LogP contribution in [-0.4, -0.2) is 21.3 Å². The number of nitrogens with one attached hydrogen (secondary N) is 1. The molecule has 0 heterocycles. The van der Waals surface area contributed by atoms with Gasteiger partial charge in [0.15, 0.2) is 11.5 Å². The highest BCUT2D eigenvalue weighted by atomic mass is 19.1. The SMILES string of the molecule is COc1cc(Nc2ccc(F)cc2N)cc(OC)c1OC. The number of nitrogens with two attached hydrogens (primary N) is 1. The Labute approximate surface area is 122 Å². The van der Waals surface area contributed by atoms with Gasteiger partial charge in [-0.3, -0.25) is 0 Å². The van der Waals surface area contributed by atoms with E-state index in [0.717, 1.165) is 0 Å². The topological polar surface area (TPSA) is 65.7 Å². The summed E-state index contributed by atoms with van der Waals surface area (Å²) in [6, 6.07) is 7.62. The van der Waals surface area contributed by atoms with Crippen molar-refractivity contribution in [3.05, 3.63) is 36.1 Å². The van der Waals surface area contributed by atoms with Crippen molar-refractivity contribution >= 4 is 17.1 Å². The lowest BCUT2D eigenvalue weighted by atomic mass is 10.2. The zero-order valence-electron chi connectivity index (χ0n) is 12.1. The molecule has 0 saturated carbocycles. The lowest BCUT2D eigenvalue weighted by Crippen LogP contribution is -2.00. The largest absolute Gasteiger partial charge is 0.493 e. The number of anilines is 3. The fourth-order valence-electron chi connectivity index (χ4n) is 1.96. The summed E-state index contributed by atoms with van der Waals surface area (Å²) in [6.45, 7) is 0. The van der Waals surface area contributed by atoms with Crippen molar-refractivity contribution in [3.63, 3.8) is 0 Å². The van der Waals surface area contributed by atoms with Gasteiger partial charge in [-0.05, 0) is 18.2 Å². The number of halogens is 1. The third-order valence-corrected chi connectivity index (χ3v) is 2.96. The Balaban J connectivity index is 2.40. The Kier molecular flexibility index (Phi) is 4.37. The number of methoxy groups -OCH3 is 3. The van der Waals surface area contributed by atoms with Crippen molar-refractivity contribution in [2.24, 2.45) is 0 Å². The van der Waals surface area contributed by atoms with Gasteiger partial charge in [0, 0.05) is 17.8 Å². The molecule has 0 bridgehead atoms. The third-order valence-electron chi connectivity index (χ3n) is 2.96. The summed E-state index contributed by atoms with van der Waals surface area (Å²) in [5, 5.41) is 3.09. The van der Waals surface area contributed by atoms with Gasteiger partial charge in [-0.2, -0.15) is 0 Å². The summed E-state index contributed by atoms with van der Waals surface area (Å²) in [4.78, 5) is 0. The molecule has 0 aliphatic heterocycles. The fourth-order valence-corrected chi connectivity index (χ4v) is 1.96. The van der Waals surface area contributed by atoms with Gasteiger partial charge in [0.25, 0.3) is 0 Å². The van der Waals surface area contributed by atoms with Crippen LogP contribution in [0.2, 0.25) is 0 Å². The summed E-state index contributed by atoms with van der Waals surface area (Å²) in [7, 11) is 4.60.